The number of likely N-dealkylation sites (N-methyl/N-ethyl adjacent to an activating group) is 1. The Hall–Kier alpha value is -2.22. The van der Waals surface area contributed by atoms with Crippen molar-refractivity contribution < 1.29 is 18.7 Å². The van der Waals surface area contributed by atoms with E-state index < -0.39 is 0 Å². The first-order chi connectivity index (χ1) is 11.1. The lowest BCUT2D eigenvalue weighted by atomic mass is 10.2. The van der Waals surface area contributed by atoms with Crippen molar-refractivity contribution in [1.82, 2.24) is 15.1 Å². The van der Waals surface area contributed by atoms with Crippen LogP contribution in [0.4, 0.5) is 0 Å². The van der Waals surface area contributed by atoms with Gasteiger partial charge >= 0.3 is 0 Å². The van der Waals surface area contributed by atoms with E-state index in [1.54, 1.807) is 18.9 Å². The number of para-hydroxylation sites is 2. The van der Waals surface area contributed by atoms with Crippen molar-refractivity contribution in [3.05, 3.63) is 30.2 Å². The highest BCUT2D eigenvalue weighted by Gasteiger charge is 2.23. The van der Waals surface area contributed by atoms with Crippen molar-refractivity contribution in [2.75, 3.05) is 26.0 Å². The van der Waals surface area contributed by atoms with Crippen LogP contribution in [-0.4, -0.2) is 53.1 Å². The molecule has 1 aliphatic rings. The molecule has 0 bridgehead atoms. The predicted octanol–water partition coefficient (Wildman–Crippen LogP) is 1.77. The molecule has 0 fully saturated rings. The summed E-state index contributed by atoms with van der Waals surface area (Å²) in [5, 5.41) is 7.97. The van der Waals surface area contributed by atoms with Crippen LogP contribution in [0.25, 0.3) is 0 Å². The number of hydrogen-bond acceptors (Lipinski definition) is 7. The molecule has 0 saturated heterocycles. The van der Waals surface area contributed by atoms with Crippen LogP contribution < -0.4 is 9.47 Å². The molecule has 1 atom stereocenters. The van der Waals surface area contributed by atoms with E-state index in [0.29, 0.717) is 30.0 Å². The van der Waals surface area contributed by atoms with Gasteiger partial charge in [-0.3, -0.25) is 4.79 Å². The maximum absolute atomic E-state index is 12.2. The second-order valence-electron chi connectivity index (χ2n) is 5.15. The van der Waals surface area contributed by atoms with Gasteiger partial charge in [-0.25, -0.2) is 0 Å². The molecule has 0 aliphatic carbocycles. The molecule has 8 heteroatoms. The van der Waals surface area contributed by atoms with Gasteiger partial charge in [0.05, 0.1) is 12.3 Å². The molecular formula is C15H17N3O4S. The molecular weight excluding hydrogens is 318 g/mol. The molecule has 2 heterocycles. The third kappa shape index (κ3) is 3.95. The van der Waals surface area contributed by atoms with E-state index in [1.807, 2.05) is 24.3 Å². The van der Waals surface area contributed by atoms with Gasteiger partial charge < -0.3 is 18.8 Å². The SMILES string of the molecule is Cc1nnc(SCC(=O)N(C)C[C@H]2COc3ccccc3O2)o1. The average molecular weight is 335 g/mol. The number of carbonyl (C=O) groups excluding carboxylic acids is 1. The fraction of sp³-hybridized carbons (Fsp3) is 0.400. The molecule has 0 spiro atoms. The van der Waals surface area contributed by atoms with Gasteiger partial charge in [0, 0.05) is 14.0 Å². The topological polar surface area (TPSA) is 77.7 Å². The van der Waals surface area contributed by atoms with Gasteiger partial charge in [0.25, 0.3) is 5.22 Å². The molecule has 2 aromatic rings. The summed E-state index contributed by atoms with van der Waals surface area (Å²) in [6.07, 6.45) is -0.186. The Morgan fingerprint density at radius 1 is 1.35 bits per heavy atom. The fourth-order valence-electron chi connectivity index (χ4n) is 2.13. The third-order valence-electron chi connectivity index (χ3n) is 3.30. The zero-order chi connectivity index (χ0) is 16.2. The van der Waals surface area contributed by atoms with Crippen molar-refractivity contribution in [2.45, 2.75) is 18.3 Å². The Balaban J connectivity index is 1.49. The maximum Gasteiger partial charge on any atom is 0.277 e. The summed E-state index contributed by atoms with van der Waals surface area (Å²) in [6, 6.07) is 7.51. The lowest BCUT2D eigenvalue weighted by molar-refractivity contribution is -0.128. The summed E-state index contributed by atoms with van der Waals surface area (Å²) >= 11 is 1.22. The fourth-order valence-corrected chi connectivity index (χ4v) is 2.88. The van der Waals surface area contributed by atoms with Crippen LogP contribution in [0.5, 0.6) is 11.5 Å². The van der Waals surface area contributed by atoms with Crippen LogP contribution in [0.15, 0.2) is 33.9 Å². The minimum atomic E-state index is -0.186. The Bertz CT molecular complexity index is 691. The van der Waals surface area contributed by atoms with E-state index in [9.17, 15) is 4.79 Å². The second kappa shape index (κ2) is 6.91. The van der Waals surface area contributed by atoms with Crippen molar-refractivity contribution >= 4 is 17.7 Å². The van der Waals surface area contributed by atoms with E-state index in [1.165, 1.54) is 11.8 Å². The molecule has 1 aliphatic heterocycles. The van der Waals surface area contributed by atoms with Gasteiger partial charge in [-0.15, -0.1) is 10.2 Å². The van der Waals surface area contributed by atoms with Crippen molar-refractivity contribution in [2.24, 2.45) is 0 Å². The summed E-state index contributed by atoms with van der Waals surface area (Å²) in [7, 11) is 1.74. The molecule has 1 amide bonds. The van der Waals surface area contributed by atoms with Crippen LogP contribution in [0.3, 0.4) is 0 Å². The number of ether oxygens (including phenoxy) is 2. The maximum atomic E-state index is 12.2. The number of benzene rings is 1. The molecule has 1 aromatic carbocycles. The molecule has 0 unspecified atom stereocenters. The van der Waals surface area contributed by atoms with Crippen molar-refractivity contribution in [3.63, 3.8) is 0 Å². The Morgan fingerprint density at radius 2 is 2.13 bits per heavy atom. The first-order valence-electron chi connectivity index (χ1n) is 7.17. The molecule has 122 valence electrons. The molecule has 0 radical (unpaired) electrons. The quantitative estimate of drug-likeness (QED) is 0.771. The zero-order valence-electron chi connectivity index (χ0n) is 12.9. The Morgan fingerprint density at radius 3 is 2.87 bits per heavy atom. The molecule has 23 heavy (non-hydrogen) atoms. The van der Waals surface area contributed by atoms with Gasteiger partial charge in [-0.05, 0) is 12.1 Å². The molecule has 0 N–H and O–H groups in total. The Labute approximate surface area is 138 Å². The van der Waals surface area contributed by atoms with E-state index >= 15 is 0 Å². The van der Waals surface area contributed by atoms with E-state index in [4.69, 9.17) is 13.9 Å². The number of nitrogens with zero attached hydrogens (tertiary/aromatic N) is 3. The summed E-state index contributed by atoms with van der Waals surface area (Å²) in [6.45, 7) is 2.59. The van der Waals surface area contributed by atoms with E-state index in [0.717, 1.165) is 5.75 Å². The zero-order valence-corrected chi connectivity index (χ0v) is 13.7. The van der Waals surface area contributed by atoms with Crippen LogP contribution in [0.1, 0.15) is 5.89 Å². The monoisotopic (exact) mass is 335 g/mol. The number of fused-ring (bicyclic) bond motifs is 1. The van der Waals surface area contributed by atoms with Gasteiger partial charge in [0.2, 0.25) is 11.8 Å². The van der Waals surface area contributed by atoms with Gasteiger partial charge in [-0.1, -0.05) is 23.9 Å². The average Bonchev–Trinajstić information content (AvgIpc) is 2.98. The van der Waals surface area contributed by atoms with Gasteiger partial charge in [-0.2, -0.15) is 0 Å². The molecule has 0 saturated carbocycles. The minimum Gasteiger partial charge on any atom is -0.486 e. The highest BCUT2D eigenvalue weighted by atomic mass is 32.2. The number of thioether (sulfide) groups is 1. The minimum absolute atomic E-state index is 0.0340. The van der Waals surface area contributed by atoms with Crippen LogP contribution in [0.2, 0.25) is 0 Å². The van der Waals surface area contributed by atoms with E-state index in [-0.39, 0.29) is 17.8 Å². The predicted molar refractivity (Wildman–Crippen MR) is 83.7 cm³/mol. The largest absolute Gasteiger partial charge is 0.486 e. The number of amides is 1. The standard InChI is InChI=1S/C15H17N3O4S/c1-10-16-17-15(21-10)23-9-14(19)18(2)7-11-8-20-12-5-3-4-6-13(12)22-11/h3-6,11H,7-9H2,1-2H3/t11-/m0/s1. The summed E-state index contributed by atoms with van der Waals surface area (Å²) in [4.78, 5) is 13.8. The first-order valence-corrected chi connectivity index (χ1v) is 8.16. The number of carbonyl (C=O) groups is 1. The molecule has 7 nitrogen and oxygen atoms in total. The number of aryl methyl sites for hydroxylation is 1. The Kier molecular flexibility index (Phi) is 4.71. The summed E-state index contributed by atoms with van der Waals surface area (Å²) in [5.41, 5.74) is 0. The smallest absolute Gasteiger partial charge is 0.277 e. The van der Waals surface area contributed by atoms with Crippen molar-refractivity contribution in [1.29, 1.82) is 0 Å². The lowest BCUT2D eigenvalue weighted by Gasteiger charge is -2.29. The summed E-state index contributed by atoms with van der Waals surface area (Å²) < 4.78 is 16.7. The number of hydrogen-bond donors (Lipinski definition) is 0. The number of aromatic nitrogens is 2. The van der Waals surface area contributed by atoms with Crippen LogP contribution in [-0.2, 0) is 4.79 Å². The third-order valence-corrected chi connectivity index (χ3v) is 4.10. The van der Waals surface area contributed by atoms with Gasteiger partial charge in [0.1, 0.15) is 6.61 Å². The second-order valence-corrected chi connectivity index (χ2v) is 6.07. The van der Waals surface area contributed by atoms with E-state index in [2.05, 4.69) is 10.2 Å². The van der Waals surface area contributed by atoms with Crippen LogP contribution in [0, 0.1) is 6.92 Å². The highest BCUT2D eigenvalue weighted by molar-refractivity contribution is 7.99. The van der Waals surface area contributed by atoms with Crippen molar-refractivity contribution in [3.8, 4) is 11.5 Å². The number of rotatable bonds is 5. The molecule has 3 rings (SSSR count). The normalized spacial score (nSPS) is 16.2. The van der Waals surface area contributed by atoms with Gasteiger partial charge in [0.15, 0.2) is 17.6 Å². The van der Waals surface area contributed by atoms with Crippen LogP contribution >= 0.6 is 11.8 Å². The first kappa shape index (κ1) is 15.7. The molecule has 1 aromatic heterocycles. The highest BCUT2D eigenvalue weighted by Crippen LogP contribution is 2.31. The summed E-state index contributed by atoms with van der Waals surface area (Å²) in [5.74, 6) is 2.14. The lowest BCUT2D eigenvalue weighted by Crippen LogP contribution is -2.42.